The summed E-state index contributed by atoms with van der Waals surface area (Å²) in [6.45, 7) is 0. The minimum Gasteiger partial charge on any atom is -0.326 e. The van der Waals surface area contributed by atoms with Crippen LogP contribution in [0.2, 0.25) is 5.02 Å². The molecule has 0 spiro atoms. The highest BCUT2D eigenvalue weighted by molar-refractivity contribution is 8.00. The topological polar surface area (TPSA) is 58.2 Å². The fourth-order valence-electron chi connectivity index (χ4n) is 2.36. The molecule has 0 saturated heterocycles. The zero-order chi connectivity index (χ0) is 20.3. The van der Waals surface area contributed by atoms with E-state index in [1.165, 1.54) is 11.8 Å². The Morgan fingerprint density at radius 2 is 1.75 bits per heavy atom. The third kappa shape index (κ3) is 5.65. The van der Waals surface area contributed by atoms with Gasteiger partial charge in [-0.05, 0) is 55.3 Å². The number of amides is 2. The van der Waals surface area contributed by atoms with E-state index < -0.39 is 17.6 Å². The molecule has 1 aliphatic rings. The summed E-state index contributed by atoms with van der Waals surface area (Å²) in [5.41, 5.74) is -0.287. The Labute approximate surface area is 168 Å². The van der Waals surface area contributed by atoms with Crippen LogP contribution in [0.1, 0.15) is 18.4 Å². The lowest BCUT2D eigenvalue weighted by molar-refractivity contribution is -0.137. The largest absolute Gasteiger partial charge is 0.416 e. The summed E-state index contributed by atoms with van der Waals surface area (Å²) in [6, 6.07) is 9.77. The first kappa shape index (κ1) is 20.5. The van der Waals surface area contributed by atoms with E-state index in [1.54, 1.807) is 24.3 Å². The first-order valence-electron chi connectivity index (χ1n) is 8.43. The average molecular weight is 429 g/mol. The molecule has 0 heterocycles. The predicted molar refractivity (Wildman–Crippen MR) is 104 cm³/mol. The second-order valence-corrected chi connectivity index (χ2v) is 7.77. The van der Waals surface area contributed by atoms with Crippen molar-refractivity contribution in [2.24, 2.45) is 5.92 Å². The van der Waals surface area contributed by atoms with E-state index >= 15 is 0 Å². The van der Waals surface area contributed by atoms with Crippen LogP contribution in [0.15, 0.2) is 47.4 Å². The quantitative estimate of drug-likeness (QED) is 0.602. The highest BCUT2D eigenvalue weighted by Gasteiger charge is 2.31. The zero-order valence-corrected chi connectivity index (χ0v) is 16.0. The molecule has 0 unspecified atom stereocenters. The Hall–Kier alpha value is -2.19. The van der Waals surface area contributed by atoms with E-state index in [0.717, 1.165) is 35.9 Å². The minimum absolute atomic E-state index is 0.000351. The lowest BCUT2D eigenvalue weighted by atomic mass is 10.2. The Kier molecular flexibility index (Phi) is 6.20. The average Bonchev–Trinajstić information content (AvgIpc) is 3.47. The standard InChI is InChI=1S/C19H16ClF3N2O2S/c20-15-8-3-12(19(21,22)23)9-16(15)25-17(26)10-28-14-6-4-13(5-7-14)24-18(27)11-1-2-11/h3-9,11H,1-2,10H2,(H,24,27)(H,25,26). The number of hydrogen-bond donors (Lipinski definition) is 2. The van der Waals surface area contributed by atoms with Gasteiger partial charge in [-0.1, -0.05) is 11.6 Å². The molecule has 2 N–H and O–H groups in total. The van der Waals surface area contributed by atoms with Crippen LogP contribution in [0.5, 0.6) is 0 Å². The molecule has 9 heteroatoms. The molecule has 1 fully saturated rings. The molecule has 2 amide bonds. The first-order chi connectivity index (χ1) is 13.2. The second kappa shape index (κ2) is 8.45. The minimum atomic E-state index is -4.52. The highest BCUT2D eigenvalue weighted by atomic mass is 35.5. The van der Waals surface area contributed by atoms with Gasteiger partial charge in [0.15, 0.2) is 0 Å². The van der Waals surface area contributed by atoms with Gasteiger partial charge in [0.25, 0.3) is 0 Å². The van der Waals surface area contributed by atoms with Crippen LogP contribution in [-0.2, 0) is 15.8 Å². The number of carbonyl (C=O) groups is 2. The number of anilines is 2. The summed E-state index contributed by atoms with van der Waals surface area (Å²) in [5, 5.41) is 5.25. The summed E-state index contributed by atoms with van der Waals surface area (Å²) in [4.78, 5) is 24.6. The van der Waals surface area contributed by atoms with Crippen LogP contribution in [0.25, 0.3) is 0 Å². The molecule has 1 saturated carbocycles. The van der Waals surface area contributed by atoms with Gasteiger partial charge in [-0.2, -0.15) is 13.2 Å². The van der Waals surface area contributed by atoms with Gasteiger partial charge in [0.1, 0.15) is 0 Å². The van der Waals surface area contributed by atoms with Crippen LogP contribution in [0.3, 0.4) is 0 Å². The number of rotatable bonds is 6. The van der Waals surface area contributed by atoms with Crippen LogP contribution >= 0.6 is 23.4 Å². The molecule has 0 aliphatic heterocycles. The van der Waals surface area contributed by atoms with E-state index in [2.05, 4.69) is 10.6 Å². The van der Waals surface area contributed by atoms with Crippen molar-refractivity contribution >= 4 is 46.6 Å². The maximum Gasteiger partial charge on any atom is 0.416 e. The molecule has 0 bridgehead atoms. The van der Waals surface area contributed by atoms with Crippen molar-refractivity contribution in [3.05, 3.63) is 53.1 Å². The fraction of sp³-hybridized carbons (Fsp3) is 0.263. The van der Waals surface area contributed by atoms with E-state index in [4.69, 9.17) is 11.6 Å². The van der Waals surface area contributed by atoms with Crippen LogP contribution in [-0.4, -0.2) is 17.6 Å². The summed E-state index contributed by atoms with van der Waals surface area (Å²) in [5.74, 6) is -0.351. The number of thioether (sulfide) groups is 1. The SMILES string of the molecule is O=C(CSc1ccc(NC(=O)C2CC2)cc1)Nc1cc(C(F)(F)F)ccc1Cl. The molecule has 2 aromatic rings. The molecule has 0 atom stereocenters. The van der Waals surface area contributed by atoms with Crippen LogP contribution < -0.4 is 10.6 Å². The normalized spacial score (nSPS) is 13.9. The van der Waals surface area contributed by atoms with Crippen molar-refractivity contribution in [1.29, 1.82) is 0 Å². The molecule has 3 rings (SSSR count). The second-order valence-electron chi connectivity index (χ2n) is 6.32. The van der Waals surface area contributed by atoms with Gasteiger partial charge in [-0.3, -0.25) is 9.59 Å². The molecule has 1 aliphatic carbocycles. The Balaban J connectivity index is 1.53. The number of halogens is 4. The van der Waals surface area contributed by atoms with Gasteiger partial charge in [-0.25, -0.2) is 0 Å². The molecular weight excluding hydrogens is 413 g/mol. The summed E-state index contributed by atoms with van der Waals surface area (Å²) in [7, 11) is 0. The molecule has 0 radical (unpaired) electrons. The molecule has 28 heavy (non-hydrogen) atoms. The van der Waals surface area contributed by atoms with Crippen molar-refractivity contribution in [3.8, 4) is 0 Å². The lowest BCUT2D eigenvalue weighted by Crippen LogP contribution is -2.15. The summed E-state index contributed by atoms with van der Waals surface area (Å²) >= 11 is 7.09. The molecule has 4 nitrogen and oxygen atoms in total. The van der Waals surface area contributed by atoms with Crippen LogP contribution in [0, 0.1) is 5.92 Å². The van der Waals surface area contributed by atoms with E-state index in [1.807, 2.05) is 0 Å². The van der Waals surface area contributed by atoms with Crippen molar-refractivity contribution in [1.82, 2.24) is 0 Å². The monoisotopic (exact) mass is 428 g/mol. The van der Waals surface area contributed by atoms with Gasteiger partial charge in [0.05, 0.1) is 22.0 Å². The molecule has 0 aromatic heterocycles. The van der Waals surface area contributed by atoms with Gasteiger partial charge >= 0.3 is 6.18 Å². The molecular formula is C19H16ClF3N2O2S. The van der Waals surface area contributed by atoms with Gasteiger partial charge in [-0.15, -0.1) is 11.8 Å². The third-order valence-electron chi connectivity index (χ3n) is 4.01. The Morgan fingerprint density at radius 1 is 1.07 bits per heavy atom. The fourth-order valence-corrected chi connectivity index (χ4v) is 3.22. The number of benzene rings is 2. The van der Waals surface area contributed by atoms with Gasteiger partial charge in [0, 0.05) is 16.5 Å². The van der Waals surface area contributed by atoms with Gasteiger partial charge < -0.3 is 10.6 Å². The Bertz CT molecular complexity index is 884. The van der Waals surface area contributed by atoms with E-state index in [0.29, 0.717) is 5.69 Å². The smallest absolute Gasteiger partial charge is 0.326 e. The third-order valence-corrected chi connectivity index (χ3v) is 5.35. The van der Waals surface area contributed by atoms with Crippen molar-refractivity contribution < 1.29 is 22.8 Å². The zero-order valence-electron chi connectivity index (χ0n) is 14.5. The highest BCUT2D eigenvalue weighted by Crippen LogP contribution is 2.34. The number of alkyl halides is 3. The van der Waals surface area contributed by atoms with Crippen LogP contribution in [0.4, 0.5) is 24.5 Å². The first-order valence-corrected chi connectivity index (χ1v) is 9.79. The molecule has 2 aromatic carbocycles. The maximum atomic E-state index is 12.8. The van der Waals surface area contributed by atoms with Crippen molar-refractivity contribution in [2.75, 3.05) is 16.4 Å². The number of hydrogen-bond acceptors (Lipinski definition) is 3. The summed E-state index contributed by atoms with van der Waals surface area (Å²) < 4.78 is 38.3. The predicted octanol–water partition coefficient (Wildman–Crippen LogP) is 5.44. The Morgan fingerprint density at radius 3 is 2.36 bits per heavy atom. The van der Waals surface area contributed by atoms with Crippen molar-refractivity contribution in [2.45, 2.75) is 23.9 Å². The van der Waals surface area contributed by atoms with E-state index in [9.17, 15) is 22.8 Å². The number of nitrogens with one attached hydrogen (secondary N) is 2. The van der Waals surface area contributed by atoms with E-state index in [-0.39, 0.29) is 28.3 Å². The maximum absolute atomic E-state index is 12.8. The molecule has 148 valence electrons. The number of carbonyl (C=O) groups excluding carboxylic acids is 2. The summed E-state index contributed by atoms with van der Waals surface area (Å²) in [6.07, 6.45) is -2.68. The van der Waals surface area contributed by atoms with Gasteiger partial charge in [0.2, 0.25) is 11.8 Å². The van der Waals surface area contributed by atoms with Crippen molar-refractivity contribution in [3.63, 3.8) is 0 Å². The lowest BCUT2D eigenvalue weighted by Gasteiger charge is -2.11.